The molecule has 4 rings (SSSR count). The lowest BCUT2D eigenvalue weighted by molar-refractivity contribution is -0.131. The van der Waals surface area contributed by atoms with Crippen LogP contribution in [0.15, 0.2) is 72.8 Å². The van der Waals surface area contributed by atoms with E-state index in [4.69, 9.17) is 4.74 Å². The molecule has 5 N–H and O–H groups in total. The lowest BCUT2D eigenvalue weighted by Gasteiger charge is -2.27. The molecule has 0 saturated carbocycles. The Morgan fingerprint density at radius 3 is 2.35 bits per heavy atom. The van der Waals surface area contributed by atoms with Gasteiger partial charge in [0.05, 0.1) is 0 Å². The van der Waals surface area contributed by atoms with Crippen molar-refractivity contribution in [3.8, 4) is 0 Å². The molecule has 0 aliphatic carbocycles. The minimum Gasteiger partial charge on any atom is -0.445 e. The minimum absolute atomic E-state index is 0.0305. The predicted octanol–water partition coefficient (Wildman–Crippen LogP) is 3.99. The summed E-state index contributed by atoms with van der Waals surface area (Å²) < 4.78 is 5.45. The SMILES string of the molecule is CC(C)C[C@H](NC(=O)[C@H](Cc1cccc2ccccc12)NC(=O)OCc1ccccc1)C(=O)N[C@H](CCCO)C[C@@H]1CCNC1=O. The van der Waals surface area contributed by atoms with Gasteiger partial charge in [-0.15, -0.1) is 0 Å². The highest BCUT2D eigenvalue weighted by atomic mass is 16.5. The molecule has 0 unspecified atom stereocenters. The van der Waals surface area contributed by atoms with Crippen molar-refractivity contribution in [2.45, 2.75) is 77.1 Å². The second-order valence-electron chi connectivity index (χ2n) is 12.4. The fraction of sp³-hybridized carbons (Fsp3) is 0.444. The van der Waals surface area contributed by atoms with E-state index in [1.807, 2.05) is 86.6 Å². The van der Waals surface area contributed by atoms with Gasteiger partial charge in [-0.3, -0.25) is 14.4 Å². The third-order valence-corrected chi connectivity index (χ3v) is 8.25. The van der Waals surface area contributed by atoms with Gasteiger partial charge in [0.1, 0.15) is 18.7 Å². The Balaban J connectivity index is 1.51. The summed E-state index contributed by atoms with van der Waals surface area (Å²) >= 11 is 0. The second kappa shape index (κ2) is 17.3. The van der Waals surface area contributed by atoms with Crippen LogP contribution in [0.1, 0.15) is 57.1 Å². The fourth-order valence-corrected chi connectivity index (χ4v) is 5.88. The lowest BCUT2D eigenvalue weighted by atomic mass is 9.94. The van der Waals surface area contributed by atoms with E-state index in [0.29, 0.717) is 38.6 Å². The van der Waals surface area contributed by atoms with Gasteiger partial charge in [-0.25, -0.2) is 4.79 Å². The van der Waals surface area contributed by atoms with Gasteiger partial charge in [0, 0.05) is 31.5 Å². The van der Waals surface area contributed by atoms with Crippen LogP contribution in [0.3, 0.4) is 0 Å². The Morgan fingerprint density at radius 2 is 1.63 bits per heavy atom. The summed E-state index contributed by atoms with van der Waals surface area (Å²) in [5, 5.41) is 22.9. The Labute approximate surface area is 270 Å². The van der Waals surface area contributed by atoms with Crippen LogP contribution in [0, 0.1) is 11.8 Å². The lowest BCUT2D eigenvalue weighted by Crippen LogP contribution is -2.56. The summed E-state index contributed by atoms with van der Waals surface area (Å²) in [5.74, 6) is -1.03. The Bertz CT molecular complexity index is 1460. The van der Waals surface area contributed by atoms with Gasteiger partial charge < -0.3 is 31.1 Å². The molecule has 10 nitrogen and oxygen atoms in total. The maximum absolute atomic E-state index is 13.9. The molecule has 0 spiro atoms. The highest BCUT2D eigenvalue weighted by Gasteiger charge is 2.32. The van der Waals surface area contributed by atoms with E-state index in [1.54, 1.807) is 0 Å². The molecule has 10 heteroatoms. The van der Waals surface area contributed by atoms with E-state index in [9.17, 15) is 24.3 Å². The molecule has 4 atom stereocenters. The van der Waals surface area contributed by atoms with Crippen molar-refractivity contribution in [3.63, 3.8) is 0 Å². The Hall–Kier alpha value is -4.44. The zero-order valence-corrected chi connectivity index (χ0v) is 26.7. The third-order valence-electron chi connectivity index (χ3n) is 8.25. The van der Waals surface area contributed by atoms with Gasteiger partial charge in [-0.05, 0) is 59.9 Å². The summed E-state index contributed by atoms with van der Waals surface area (Å²) in [6, 6.07) is 20.7. The van der Waals surface area contributed by atoms with E-state index in [0.717, 1.165) is 21.9 Å². The van der Waals surface area contributed by atoms with Crippen LogP contribution in [-0.4, -0.2) is 60.2 Å². The Kier molecular flexibility index (Phi) is 13.0. The van der Waals surface area contributed by atoms with E-state index in [1.165, 1.54) is 0 Å². The first kappa shape index (κ1) is 34.4. The van der Waals surface area contributed by atoms with Gasteiger partial charge in [0.25, 0.3) is 0 Å². The standard InChI is InChI=1S/C36H46N4O6/c1-24(2)20-31(34(43)38-29(15-9-19-41)21-28-17-18-37-33(28)42)39-35(44)32(40-36(45)46-23-25-10-4-3-5-11-25)22-27-14-8-13-26-12-6-7-16-30(26)27/h3-8,10-14,16,24,28-29,31-32,41H,9,15,17-23H2,1-2H3,(H,37,42)(H,38,43)(H,39,44)(H,40,45)/t28-,29+,31-,32-/m0/s1. The van der Waals surface area contributed by atoms with E-state index < -0.39 is 24.1 Å². The molecule has 0 aromatic heterocycles. The second-order valence-corrected chi connectivity index (χ2v) is 12.4. The molecular weight excluding hydrogens is 584 g/mol. The monoisotopic (exact) mass is 630 g/mol. The number of ether oxygens (including phenoxy) is 1. The zero-order valence-electron chi connectivity index (χ0n) is 26.7. The molecule has 1 heterocycles. The zero-order chi connectivity index (χ0) is 32.9. The van der Waals surface area contributed by atoms with E-state index >= 15 is 0 Å². The number of rotatable bonds is 16. The first-order valence-electron chi connectivity index (χ1n) is 16.2. The normalized spacial score (nSPS) is 16.3. The van der Waals surface area contributed by atoms with Crippen molar-refractivity contribution < 1.29 is 29.0 Å². The predicted molar refractivity (Wildman–Crippen MR) is 177 cm³/mol. The molecule has 0 radical (unpaired) electrons. The molecule has 1 aliphatic heterocycles. The van der Waals surface area contributed by atoms with Crippen molar-refractivity contribution in [1.29, 1.82) is 0 Å². The molecule has 4 amide bonds. The number of benzene rings is 3. The van der Waals surface area contributed by atoms with Crippen LogP contribution in [0.5, 0.6) is 0 Å². The fourth-order valence-electron chi connectivity index (χ4n) is 5.88. The number of amides is 4. The highest BCUT2D eigenvalue weighted by Crippen LogP contribution is 2.21. The van der Waals surface area contributed by atoms with Crippen LogP contribution >= 0.6 is 0 Å². The number of hydrogen-bond acceptors (Lipinski definition) is 6. The average Bonchev–Trinajstić information content (AvgIpc) is 3.45. The van der Waals surface area contributed by atoms with Crippen LogP contribution in [-0.2, 0) is 32.1 Å². The third kappa shape index (κ3) is 10.3. The van der Waals surface area contributed by atoms with Gasteiger partial charge in [0.2, 0.25) is 17.7 Å². The number of aliphatic hydroxyl groups excluding tert-OH is 1. The maximum Gasteiger partial charge on any atom is 0.408 e. The van der Waals surface area contributed by atoms with Crippen molar-refractivity contribution in [2.75, 3.05) is 13.2 Å². The number of aliphatic hydroxyl groups is 1. The van der Waals surface area contributed by atoms with Gasteiger partial charge in [0.15, 0.2) is 0 Å². The van der Waals surface area contributed by atoms with E-state index in [-0.39, 0.29) is 49.3 Å². The molecule has 1 saturated heterocycles. The van der Waals surface area contributed by atoms with E-state index in [2.05, 4.69) is 21.3 Å². The van der Waals surface area contributed by atoms with Gasteiger partial charge >= 0.3 is 6.09 Å². The molecule has 246 valence electrons. The molecule has 1 aliphatic rings. The number of carbonyl (C=O) groups is 4. The number of carbonyl (C=O) groups excluding carboxylic acids is 4. The van der Waals surface area contributed by atoms with Crippen molar-refractivity contribution in [2.24, 2.45) is 11.8 Å². The largest absolute Gasteiger partial charge is 0.445 e. The summed E-state index contributed by atoms with van der Waals surface area (Å²) in [6.07, 6.45) is 1.94. The average molecular weight is 631 g/mol. The summed E-state index contributed by atoms with van der Waals surface area (Å²) in [5.41, 5.74) is 1.68. The number of hydrogen-bond donors (Lipinski definition) is 5. The molecule has 1 fully saturated rings. The quantitative estimate of drug-likeness (QED) is 0.162. The Morgan fingerprint density at radius 1 is 0.913 bits per heavy atom. The smallest absolute Gasteiger partial charge is 0.408 e. The molecule has 0 bridgehead atoms. The minimum atomic E-state index is -1.02. The van der Waals surface area contributed by atoms with Gasteiger partial charge in [-0.1, -0.05) is 86.6 Å². The summed E-state index contributed by atoms with van der Waals surface area (Å²) in [6.45, 7) is 4.55. The van der Waals surface area contributed by atoms with Crippen molar-refractivity contribution in [1.82, 2.24) is 21.3 Å². The first-order chi connectivity index (χ1) is 22.2. The van der Waals surface area contributed by atoms with Crippen molar-refractivity contribution in [3.05, 3.63) is 83.9 Å². The number of alkyl carbamates (subject to hydrolysis) is 1. The first-order valence-corrected chi connectivity index (χ1v) is 16.2. The van der Waals surface area contributed by atoms with Crippen LogP contribution in [0.2, 0.25) is 0 Å². The molecule has 46 heavy (non-hydrogen) atoms. The topological polar surface area (TPSA) is 146 Å². The summed E-state index contributed by atoms with van der Waals surface area (Å²) in [7, 11) is 0. The number of fused-ring (bicyclic) bond motifs is 1. The number of nitrogens with one attached hydrogen (secondary N) is 4. The molecular formula is C36H46N4O6. The van der Waals surface area contributed by atoms with Crippen molar-refractivity contribution >= 4 is 34.6 Å². The van der Waals surface area contributed by atoms with Crippen LogP contribution in [0.25, 0.3) is 10.8 Å². The van der Waals surface area contributed by atoms with Crippen LogP contribution < -0.4 is 21.3 Å². The molecule has 3 aromatic rings. The van der Waals surface area contributed by atoms with Crippen LogP contribution in [0.4, 0.5) is 4.79 Å². The molecule has 3 aromatic carbocycles. The highest BCUT2D eigenvalue weighted by molar-refractivity contribution is 5.92. The van der Waals surface area contributed by atoms with Gasteiger partial charge in [-0.2, -0.15) is 0 Å². The maximum atomic E-state index is 13.9. The summed E-state index contributed by atoms with van der Waals surface area (Å²) in [4.78, 5) is 52.8.